The monoisotopic (exact) mass is 188 g/mol. The average Bonchev–Trinajstić information content (AvgIpc) is 1.84. The van der Waals surface area contributed by atoms with Gasteiger partial charge in [-0.3, -0.25) is 0 Å². The number of hydrogen-bond acceptors (Lipinski definition) is 4. The van der Waals surface area contributed by atoms with Gasteiger partial charge in [-0.25, -0.2) is 10.5 Å². The average molecular weight is 188 g/mol. The van der Waals surface area contributed by atoms with Gasteiger partial charge in [-0.1, -0.05) is 10.5 Å². The molecule has 6 heteroatoms. The van der Waals surface area contributed by atoms with E-state index in [0.29, 0.717) is 0 Å². The van der Waals surface area contributed by atoms with E-state index >= 15 is 0 Å². The third-order valence-corrected chi connectivity index (χ3v) is 1.46. The molecule has 0 spiro atoms. The summed E-state index contributed by atoms with van der Waals surface area (Å²) in [5, 5.41) is 14.6. The SMILES string of the molecule is N#CC([S-])C([S-])C#N.[Na+].[Na+]. The second-order valence-corrected chi connectivity index (χ2v) is 2.12. The van der Waals surface area contributed by atoms with Crippen LogP contribution in [0, 0.1) is 22.7 Å². The van der Waals surface area contributed by atoms with E-state index in [-0.39, 0.29) is 59.1 Å². The summed E-state index contributed by atoms with van der Waals surface area (Å²) in [6.45, 7) is 0. The Hall–Kier alpha value is 1.68. The minimum Gasteiger partial charge on any atom is -0.775 e. The summed E-state index contributed by atoms with van der Waals surface area (Å²) in [4.78, 5) is 0. The fourth-order valence-corrected chi connectivity index (χ4v) is 0.257. The molecule has 0 amide bonds. The van der Waals surface area contributed by atoms with Crippen molar-refractivity contribution in [2.75, 3.05) is 0 Å². The Labute approximate surface area is 116 Å². The van der Waals surface area contributed by atoms with Crippen molar-refractivity contribution in [3.8, 4) is 12.1 Å². The summed E-state index contributed by atoms with van der Waals surface area (Å²) in [6.07, 6.45) is 0. The molecular formula is C4H2N2Na2S2. The zero-order valence-corrected chi connectivity index (χ0v) is 11.5. The van der Waals surface area contributed by atoms with Crippen molar-refractivity contribution >= 4 is 25.3 Å². The van der Waals surface area contributed by atoms with E-state index in [4.69, 9.17) is 10.5 Å². The topological polar surface area (TPSA) is 47.6 Å². The van der Waals surface area contributed by atoms with Crippen LogP contribution in [0.4, 0.5) is 0 Å². The summed E-state index contributed by atoms with van der Waals surface area (Å²) in [7, 11) is 0. The van der Waals surface area contributed by atoms with Crippen molar-refractivity contribution in [1.82, 2.24) is 0 Å². The smallest absolute Gasteiger partial charge is 0.775 e. The third-order valence-electron chi connectivity index (χ3n) is 0.529. The Morgan fingerprint density at radius 1 is 0.900 bits per heavy atom. The Morgan fingerprint density at radius 2 is 1.10 bits per heavy atom. The van der Waals surface area contributed by atoms with Gasteiger partial charge in [0, 0.05) is 12.1 Å². The Morgan fingerprint density at radius 3 is 1.20 bits per heavy atom. The third kappa shape index (κ3) is 7.78. The van der Waals surface area contributed by atoms with Crippen LogP contribution in [-0.2, 0) is 25.3 Å². The molecule has 0 saturated carbocycles. The number of nitrogens with zero attached hydrogens (tertiary/aromatic N) is 2. The number of hydrogen-bond donors (Lipinski definition) is 0. The minimum absolute atomic E-state index is 0. The van der Waals surface area contributed by atoms with Gasteiger partial charge in [0.25, 0.3) is 0 Å². The molecule has 0 saturated heterocycles. The molecule has 0 aliphatic carbocycles. The Kier molecular flexibility index (Phi) is 18.9. The van der Waals surface area contributed by atoms with Crippen molar-refractivity contribution in [3.63, 3.8) is 0 Å². The van der Waals surface area contributed by atoms with Crippen molar-refractivity contribution in [2.24, 2.45) is 0 Å². The van der Waals surface area contributed by atoms with Gasteiger partial charge in [0.2, 0.25) is 0 Å². The van der Waals surface area contributed by atoms with Gasteiger partial charge >= 0.3 is 59.1 Å². The molecule has 0 rings (SSSR count). The van der Waals surface area contributed by atoms with Crippen LogP contribution in [0.15, 0.2) is 0 Å². The Bertz CT molecular complexity index is 132. The van der Waals surface area contributed by atoms with Crippen LogP contribution in [0.5, 0.6) is 0 Å². The van der Waals surface area contributed by atoms with E-state index in [1.54, 1.807) is 12.1 Å². The molecule has 0 N–H and O–H groups in total. The van der Waals surface area contributed by atoms with Crippen LogP contribution in [0.1, 0.15) is 0 Å². The molecule has 0 aromatic carbocycles. The number of nitriles is 2. The molecule has 2 atom stereocenters. The number of rotatable bonds is 1. The molecule has 2 unspecified atom stereocenters. The molecule has 0 heterocycles. The van der Waals surface area contributed by atoms with E-state index in [2.05, 4.69) is 25.3 Å². The predicted molar refractivity (Wildman–Crippen MR) is 33.5 cm³/mol. The fourth-order valence-electron chi connectivity index (χ4n) is 0.135. The largest absolute Gasteiger partial charge is 1.00 e. The zero-order valence-electron chi connectivity index (χ0n) is 5.87. The van der Waals surface area contributed by atoms with Gasteiger partial charge in [-0.15, -0.1) is 0 Å². The van der Waals surface area contributed by atoms with Gasteiger partial charge < -0.3 is 25.3 Å². The van der Waals surface area contributed by atoms with E-state index in [9.17, 15) is 0 Å². The van der Waals surface area contributed by atoms with Crippen molar-refractivity contribution < 1.29 is 59.1 Å². The first-order valence-electron chi connectivity index (χ1n) is 1.83. The molecule has 42 valence electrons. The molecule has 0 bridgehead atoms. The molecule has 0 aliphatic rings. The van der Waals surface area contributed by atoms with Crippen LogP contribution in [0.3, 0.4) is 0 Å². The zero-order chi connectivity index (χ0) is 6.57. The molecule has 0 aromatic heterocycles. The first-order chi connectivity index (χ1) is 3.72. The fraction of sp³-hybridized carbons (Fsp3) is 0.500. The van der Waals surface area contributed by atoms with E-state index in [1.807, 2.05) is 0 Å². The molecule has 2 nitrogen and oxygen atoms in total. The van der Waals surface area contributed by atoms with Gasteiger partial charge in [-0.05, 0) is 0 Å². The maximum atomic E-state index is 8.06. The van der Waals surface area contributed by atoms with Gasteiger partial charge in [-0.2, -0.15) is 0 Å². The summed E-state index contributed by atoms with van der Waals surface area (Å²) in [5.41, 5.74) is 0. The quantitative estimate of drug-likeness (QED) is 0.303. The summed E-state index contributed by atoms with van der Waals surface area (Å²) in [6, 6.07) is 3.41. The van der Waals surface area contributed by atoms with Gasteiger partial charge in [0.05, 0.1) is 0 Å². The summed E-state index contributed by atoms with van der Waals surface area (Å²) in [5.74, 6) is 0. The van der Waals surface area contributed by atoms with Crippen LogP contribution in [0.2, 0.25) is 0 Å². The first-order valence-corrected chi connectivity index (χ1v) is 2.77. The van der Waals surface area contributed by atoms with Crippen molar-refractivity contribution in [1.29, 1.82) is 10.5 Å². The van der Waals surface area contributed by atoms with Gasteiger partial charge in [0.15, 0.2) is 0 Å². The molecule has 0 aromatic rings. The molecule has 0 aliphatic heterocycles. The van der Waals surface area contributed by atoms with E-state index in [1.165, 1.54) is 0 Å². The molecule has 0 fully saturated rings. The maximum absolute atomic E-state index is 8.06. The van der Waals surface area contributed by atoms with Crippen molar-refractivity contribution in [2.45, 2.75) is 10.5 Å². The minimum atomic E-state index is -0.741. The second kappa shape index (κ2) is 10.7. The molecular weight excluding hydrogens is 186 g/mol. The second-order valence-electron chi connectivity index (χ2n) is 1.10. The molecule has 0 radical (unpaired) electrons. The summed E-state index contributed by atoms with van der Waals surface area (Å²) < 4.78 is 0. The van der Waals surface area contributed by atoms with Crippen LogP contribution in [0.25, 0.3) is 0 Å². The van der Waals surface area contributed by atoms with E-state index < -0.39 is 10.5 Å². The van der Waals surface area contributed by atoms with Gasteiger partial charge in [0.1, 0.15) is 0 Å². The molecule has 10 heavy (non-hydrogen) atoms. The van der Waals surface area contributed by atoms with Crippen LogP contribution >= 0.6 is 0 Å². The maximum Gasteiger partial charge on any atom is 1.00 e. The predicted octanol–water partition coefficient (Wildman–Crippen LogP) is -6.13. The standard InChI is InChI=1S/C4H4N2S2.2Na/c5-1-3(7)4(8)2-6;;/h3-4,7-8H;;/q;2*+1/p-2. The van der Waals surface area contributed by atoms with Crippen LogP contribution < -0.4 is 59.1 Å². The normalized spacial score (nSPS) is 12.4. The van der Waals surface area contributed by atoms with Crippen molar-refractivity contribution in [3.05, 3.63) is 0 Å². The van der Waals surface area contributed by atoms with Crippen LogP contribution in [-0.4, -0.2) is 10.5 Å². The van der Waals surface area contributed by atoms with E-state index in [0.717, 1.165) is 0 Å². The summed E-state index contributed by atoms with van der Waals surface area (Å²) >= 11 is 8.95. The first kappa shape index (κ1) is 17.7. The Balaban J connectivity index is -0.000000245.